The molecule has 0 aliphatic rings. The van der Waals surface area contributed by atoms with E-state index in [0.29, 0.717) is 5.56 Å². The average molecular weight is 243 g/mol. The van der Waals surface area contributed by atoms with E-state index in [1.54, 1.807) is 6.92 Å². The van der Waals surface area contributed by atoms with Crippen LogP contribution in [0.5, 0.6) is 0 Å². The number of nitrogen functional groups attached to an aromatic ring is 1. The molecule has 86 valence electrons. The lowest BCUT2D eigenvalue weighted by atomic mass is 10.3. The second kappa shape index (κ2) is 4.21. The lowest BCUT2D eigenvalue weighted by molar-refractivity contribution is -0.117. The summed E-state index contributed by atoms with van der Waals surface area (Å²) < 4.78 is 52.3. The molecule has 0 bridgehead atoms. The highest BCUT2D eigenvalue weighted by atomic mass is 32.1. The zero-order valence-corrected chi connectivity index (χ0v) is 8.55. The Balaban J connectivity index is 2.61. The maximum atomic E-state index is 12.5. The first-order valence-corrected chi connectivity index (χ1v) is 4.73. The zero-order chi connectivity index (χ0) is 11.6. The molecule has 0 aromatic carbocycles. The molecule has 3 N–H and O–H groups in total. The number of nitrogens with zero attached hydrogens (tertiary/aromatic N) is 1. The van der Waals surface area contributed by atoms with Gasteiger partial charge in [0, 0.05) is 5.56 Å². The van der Waals surface area contributed by atoms with Gasteiger partial charge in [-0.2, -0.15) is 13.2 Å². The second-order valence-electron chi connectivity index (χ2n) is 2.94. The fraction of sp³-hybridized carbons (Fsp3) is 0.571. The van der Waals surface area contributed by atoms with Crippen LogP contribution in [-0.4, -0.2) is 23.3 Å². The summed E-state index contributed by atoms with van der Waals surface area (Å²) in [6.45, 7) is 0.439. The van der Waals surface area contributed by atoms with Gasteiger partial charge in [0.15, 0.2) is 0 Å². The predicted octanol–water partition coefficient (Wildman–Crippen LogP) is 2.35. The minimum atomic E-state index is -4.05. The molecule has 1 aromatic heterocycles. The van der Waals surface area contributed by atoms with Gasteiger partial charge in [-0.3, -0.25) is 0 Å². The molecule has 0 radical (unpaired) electrons. The molecule has 0 amide bonds. The minimum absolute atomic E-state index is 0.211. The Morgan fingerprint density at radius 1 is 1.53 bits per heavy atom. The van der Waals surface area contributed by atoms with E-state index in [9.17, 15) is 17.6 Å². The van der Waals surface area contributed by atoms with Gasteiger partial charge in [-0.25, -0.2) is 8.78 Å². The first-order valence-electron chi connectivity index (χ1n) is 3.96. The highest BCUT2D eigenvalue weighted by Gasteiger charge is 2.40. The van der Waals surface area contributed by atoms with Crippen molar-refractivity contribution in [2.45, 2.75) is 19.3 Å². The molecule has 1 rings (SSSR count). The van der Waals surface area contributed by atoms with E-state index in [-0.39, 0.29) is 10.8 Å². The van der Waals surface area contributed by atoms with Crippen molar-refractivity contribution >= 4 is 22.4 Å². The summed E-state index contributed by atoms with van der Waals surface area (Å²) in [5, 5.41) is 2.49. The summed E-state index contributed by atoms with van der Waals surface area (Å²) >= 11 is 0.864. The van der Waals surface area contributed by atoms with Crippen molar-refractivity contribution in [2.24, 2.45) is 0 Å². The van der Waals surface area contributed by atoms with Gasteiger partial charge in [0.1, 0.15) is 10.8 Å². The molecular formula is C7H9F4N3S. The number of hydrogen-bond donors (Lipinski definition) is 2. The van der Waals surface area contributed by atoms with Crippen LogP contribution in [0.3, 0.4) is 0 Å². The lowest BCUT2D eigenvalue weighted by Crippen LogP contribution is -2.34. The normalized spacial score (nSPS) is 12.1. The Kier molecular flexibility index (Phi) is 3.38. The number of hydrogen-bond acceptors (Lipinski definition) is 4. The van der Waals surface area contributed by atoms with Crippen LogP contribution < -0.4 is 11.1 Å². The van der Waals surface area contributed by atoms with E-state index >= 15 is 0 Å². The second-order valence-corrected chi connectivity index (χ2v) is 3.71. The van der Waals surface area contributed by atoms with Crippen LogP contribution in [0.4, 0.5) is 28.4 Å². The maximum absolute atomic E-state index is 12.5. The summed E-state index contributed by atoms with van der Waals surface area (Å²) in [5.41, 5.74) is 5.85. The van der Waals surface area contributed by atoms with Gasteiger partial charge in [-0.15, -0.1) is 0 Å². The van der Waals surface area contributed by atoms with Crippen LogP contribution in [0.2, 0.25) is 0 Å². The largest absolute Gasteiger partial charge is 0.383 e. The Morgan fingerprint density at radius 3 is 2.53 bits per heavy atom. The molecule has 0 atom stereocenters. The Bertz CT molecular complexity index is 339. The van der Waals surface area contributed by atoms with Crippen LogP contribution in [0, 0.1) is 6.92 Å². The topological polar surface area (TPSA) is 50.9 Å². The average Bonchev–Trinajstić information content (AvgIpc) is 2.45. The maximum Gasteiger partial charge on any atom is 0.324 e. The van der Waals surface area contributed by atoms with Crippen LogP contribution in [0.1, 0.15) is 5.56 Å². The van der Waals surface area contributed by atoms with Crippen molar-refractivity contribution in [3.05, 3.63) is 5.56 Å². The molecule has 0 aliphatic carbocycles. The number of nitrogens with one attached hydrogen (secondary N) is 1. The number of aromatic nitrogens is 1. The molecule has 0 spiro atoms. The summed E-state index contributed by atoms with van der Waals surface area (Å²) in [6.07, 6.45) is -3.68. The van der Waals surface area contributed by atoms with E-state index in [4.69, 9.17) is 5.73 Å². The van der Waals surface area contributed by atoms with E-state index in [1.807, 2.05) is 0 Å². The van der Waals surface area contributed by atoms with Gasteiger partial charge in [-0.05, 0) is 18.5 Å². The molecule has 8 heteroatoms. The molecule has 0 fully saturated rings. The fourth-order valence-corrected chi connectivity index (χ4v) is 1.49. The summed E-state index contributed by atoms with van der Waals surface area (Å²) in [7, 11) is 0. The summed E-state index contributed by atoms with van der Waals surface area (Å²) in [4.78, 5) is 0. The lowest BCUT2D eigenvalue weighted by Gasteiger charge is -2.15. The monoisotopic (exact) mass is 243 g/mol. The third-order valence-electron chi connectivity index (χ3n) is 1.76. The molecule has 0 unspecified atom stereocenters. The van der Waals surface area contributed by atoms with Crippen LogP contribution >= 0.6 is 11.5 Å². The minimum Gasteiger partial charge on any atom is -0.383 e. The van der Waals surface area contributed by atoms with E-state index in [0.717, 1.165) is 11.5 Å². The number of nitrogens with two attached hydrogens (primary N) is 1. The molecule has 0 saturated heterocycles. The molecule has 0 saturated carbocycles. The Labute approximate surface area is 87.4 Å². The van der Waals surface area contributed by atoms with Gasteiger partial charge in [0.25, 0.3) is 0 Å². The van der Waals surface area contributed by atoms with Gasteiger partial charge in [0.05, 0.1) is 6.54 Å². The van der Waals surface area contributed by atoms with Crippen molar-refractivity contribution in [1.29, 1.82) is 0 Å². The quantitative estimate of drug-likeness (QED) is 0.798. The van der Waals surface area contributed by atoms with Crippen molar-refractivity contribution in [2.75, 3.05) is 17.6 Å². The number of rotatable bonds is 4. The molecule has 15 heavy (non-hydrogen) atoms. The molecule has 1 heterocycles. The zero-order valence-electron chi connectivity index (χ0n) is 7.73. The summed E-state index contributed by atoms with van der Waals surface area (Å²) in [5.74, 6) is -3.84. The van der Waals surface area contributed by atoms with E-state index in [2.05, 4.69) is 9.69 Å². The van der Waals surface area contributed by atoms with Crippen molar-refractivity contribution in [1.82, 2.24) is 4.37 Å². The summed E-state index contributed by atoms with van der Waals surface area (Å²) in [6, 6.07) is 0. The van der Waals surface area contributed by atoms with Crippen LogP contribution in [0.15, 0.2) is 0 Å². The first kappa shape index (κ1) is 12.0. The number of alkyl halides is 4. The number of halogens is 4. The van der Waals surface area contributed by atoms with Crippen LogP contribution in [0.25, 0.3) is 0 Å². The Hall–Kier alpha value is -1.05. The smallest absolute Gasteiger partial charge is 0.324 e. The molecule has 1 aromatic rings. The SMILES string of the molecule is Cc1c(N)nsc1NCC(F)(F)C(F)F. The Morgan fingerprint density at radius 2 is 2.13 bits per heavy atom. The highest BCUT2D eigenvalue weighted by Crippen LogP contribution is 2.28. The van der Waals surface area contributed by atoms with E-state index in [1.165, 1.54) is 0 Å². The third kappa shape index (κ3) is 2.71. The van der Waals surface area contributed by atoms with Gasteiger partial charge in [-0.1, -0.05) is 0 Å². The molecule has 0 aliphatic heterocycles. The van der Waals surface area contributed by atoms with Gasteiger partial charge < -0.3 is 11.1 Å². The van der Waals surface area contributed by atoms with Gasteiger partial charge >= 0.3 is 12.3 Å². The van der Waals surface area contributed by atoms with Crippen LogP contribution in [-0.2, 0) is 0 Å². The first-order chi connectivity index (χ1) is 6.84. The van der Waals surface area contributed by atoms with Gasteiger partial charge in [0.2, 0.25) is 0 Å². The van der Waals surface area contributed by atoms with E-state index < -0.39 is 18.9 Å². The number of anilines is 2. The van der Waals surface area contributed by atoms with Crippen molar-refractivity contribution in [3.8, 4) is 0 Å². The highest BCUT2D eigenvalue weighted by molar-refractivity contribution is 7.10. The standard InChI is InChI=1S/C7H9F4N3S/c1-3-4(12)14-15-5(3)13-2-7(10,11)6(8)9/h6,13H,2H2,1H3,(H2,12,14). The van der Waals surface area contributed by atoms with Crippen molar-refractivity contribution in [3.63, 3.8) is 0 Å². The molecular weight excluding hydrogens is 234 g/mol. The fourth-order valence-electron chi connectivity index (χ4n) is 0.788. The predicted molar refractivity (Wildman–Crippen MR) is 50.7 cm³/mol. The third-order valence-corrected chi connectivity index (χ3v) is 2.69. The van der Waals surface area contributed by atoms with Crippen molar-refractivity contribution < 1.29 is 17.6 Å². The molecule has 3 nitrogen and oxygen atoms in total.